The molecule has 2 N–H and O–H groups in total. The maximum Gasteiger partial charge on any atom is 0.488 e. The first-order valence-electron chi connectivity index (χ1n) is 7.29. The van der Waals surface area contributed by atoms with Crippen molar-refractivity contribution in [3.05, 3.63) is 12.7 Å². The molecule has 0 aliphatic carbocycles. The Labute approximate surface area is 139 Å². The summed E-state index contributed by atoms with van der Waals surface area (Å²) in [5.41, 5.74) is 1.11. The van der Waals surface area contributed by atoms with Crippen molar-refractivity contribution in [2.45, 2.75) is 24.5 Å². The topological polar surface area (TPSA) is 115 Å². The van der Waals surface area contributed by atoms with E-state index in [2.05, 4.69) is 15.0 Å². The highest BCUT2D eigenvalue weighted by molar-refractivity contribution is 7.85. The van der Waals surface area contributed by atoms with Crippen molar-refractivity contribution in [1.82, 2.24) is 19.5 Å². The first-order chi connectivity index (χ1) is 11.4. The second-order valence-corrected chi connectivity index (χ2v) is 7.50. The number of aromatic nitrogens is 4. The van der Waals surface area contributed by atoms with Crippen molar-refractivity contribution in [1.29, 1.82) is 0 Å². The van der Waals surface area contributed by atoms with Crippen LogP contribution in [0.2, 0.25) is 0 Å². The van der Waals surface area contributed by atoms with Crippen LogP contribution in [0.25, 0.3) is 11.2 Å². The largest absolute Gasteiger partial charge is 0.488 e. The van der Waals surface area contributed by atoms with E-state index in [-0.39, 0.29) is 6.61 Å². The summed E-state index contributed by atoms with van der Waals surface area (Å²) in [6.07, 6.45) is -0.196. The second-order valence-electron chi connectivity index (χ2n) is 5.90. The molecule has 2 fully saturated rings. The SMILES string of the molecule is [B][P+]1(O)OC[C@H]2O[C@@H](n3cnc4c(N(C)C)ncnc43)[C@H](O)[C@@H]2O1. The summed E-state index contributed by atoms with van der Waals surface area (Å²) in [5, 5.41) is 10.6. The lowest BCUT2D eigenvalue weighted by Crippen LogP contribution is -2.40. The molecule has 0 amide bonds. The van der Waals surface area contributed by atoms with Crippen molar-refractivity contribution >= 4 is 32.4 Å². The van der Waals surface area contributed by atoms with Gasteiger partial charge in [0, 0.05) is 14.1 Å². The van der Waals surface area contributed by atoms with Crippen LogP contribution in [0.1, 0.15) is 6.23 Å². The molecule has 4 rings (SSSR count). The molecule has 2 radical (unpaired) electrons. The van der Waals surface area contributed by atoms with Crippen LogP contribution in [0.4, 0.5) is 5.82 Å². The van der Waals surface area contributed by atoms with Crippen LogP contribution in [0, 0.1) is 0 Å². The zero-order valence-corrected chi connectivity index (χ0v) is 13.9. The van der Waals surface area contributed by atoms with Crippen molar-refractivity contribution < 1.29 is 23.8 Å². The van der Waals surface area contributed by atoms with Crippen molar-refractivity contribution in [2.24, 2.45) is 0 Å². The number of aliphatic hydroxyl groups is 1. The van der Waals surface area contributed by atoms with Gasteiger partial charge in [-0.2, -0.15) is 9.05 Å². The fourth-order valence-electron chi connectivity index (χ4n) is 2.95. The molecule has 0 bridgehead atoms. The molecule has 4 heterocycles. The molecule has 0 saturated carbocycles. The molecule has 24 heavy (non-hydrogen) atoms. The normalized spacial score (nSPS) is 36.0. The van der Waals surface area contributed by atoms with Crippen LogP contribution in [0.3, 0.4) is 0 Å². The Morgan fingerprint density at radius 1 is 1.38 bits per heavy atom. The highest BCUT2D eigenvalue weighted by Gasteiger charge is 2.56. The van der Waals surface area contributed by atoms with Gasteiger partial charge >= 0.3 is 15.4 Å². The first kappa shape index (κ1) is 16.1. The number of aliphatic hydroxyl groups excluding tert-OH is 1. The average Bonchev–Trinajstić information content (AvgIpc) is 3.08. The number of ether oxygens (including phenoxy) is 1. The highest BCUT2D eigenvalue weighted by atomic mass is 31.2. The number of imidazole rings is 1. The summed E-state index contributed by atoms with van der Waals surface area (Å²) in [5.74, 6) is 0.658. The molecule has 10 nitrogen and oxygen atoms in total. The number of hydrogen-bond acceptors (Lipinski definition) is 9. The number of anilines is 1. The maximum atomic E-state index is 10.6. The van der Waals surface area contributed by atoms with Crippen LogP contribution in [0.5, 0.6) is 0 Å². The standard InChI is InChI=1S/C12H16BN5O5P/c1-17(2)10-7-11(15-4-14-10)18(5-16-7)12-8(19)9-6(22-12)3-21-24(13,20)23-9/h4-6,8-9,12,19-20H,3H2,1-2H3/q+1/t6-,8-,9-,12-,24?/m1/s1. The van der Waals surface area contributed by atoms with Gasteiger partial charge in [0.2, 0.25) is 0 Å². The molecule has 5 atom stereocenters. The summed E-state index contributed by atoms with van der Waals surface area (Å²) >= 11 is 0. The van der Waals surface area contributed by atoms with Gasteiger partial charge in [0.05, 0.1) is 6.33 Å². The van der Waals surface area contributed by atoms with Gasteiger partial charge < -0.3 is 14.7 Å². The Bertz CT molecular complexity index is 773. The number of nitrogens with zero attached hydrogens (tertiary/aromatic N) is 5. The van der Waals surface area contributed by atoms with E-state index < -0.39 is 32.4 Å². The van der Waals surface area contributed by atoms with Gasteiger partial charge in [0.15, 0.2) is 29.3 Å². The van der Waals surface area contributed by atoms with Crippen LogP contribution < -0.4 is 4.90 Å². The molecule has 126 valence electrons. The molecule has 2 aromatic heterocycles. The Hall–Kier alpha value is -1.36. The van der Waals surface area contributed by atoms with Crippen LogP contribution in [0.15, 0.2) is 12.7 Å². The summed E-state index contributed by atoms with van der Waals surface area (Å²) in [6, 6.07) is 0. The van der Waals surface area contributed by atoms with Gasteiger partial charge in [0.25, 0.3) is 0 Å². The molecule has 2 aliphatic rings. The lowest BCUT2D eigenvalue weighted by molar-refractivity contribution is -0.0603. The van der Waals surface area contributed by atoms with E-state index in [0.717, 1.165) is 0 Å². The minimum atomic E-state index is -3.41. The van der Waals surface area contributed by atoms with Crippen LogP contribution in [-0.4, -0.2) is 76.1 Å². The van der Waals surface area contributed by atoms with E-state index in [1.165, 1.54) is 12.7 Å². The Morgan fingerprint density at radius 2 is 2.17 bits per heavy atom. The minimum absolute atomic E-state index is 0.0452. The van der Waals surface area contributed by atoms with Crippen molar-refractivity contribution in [3.63, 3.8) is 0 Å². The molecule has 1 unspecified atom stereocenters. The molecular weight excluding hydrogens is 336 g/mol. The van der Waals surface area contributed by atoms with Gasteiger partial charge in [-0.05, 0) is 0 Å². The maximum absolute atomic E-state index is 10.6. The fraction of sp³-hybridized carbons (Fsp3) is 0.583. The van der Waals surface area contributed by atoms with Gasteiger partial charge in [-0.25, -0.2) is 19.8 Å². The quantitative estimate of drug-likeness (QED) is 0.540. The Morgan fingerprint density at radius 3 is 2.92 bits per heavy atom. The summed E-state index contributed by atoms with van der Waals surface area (Å²) in [6.45, 7) is 0.0452. The van der Waals surface area contributed by atoms with E-state index in [0.29, 0.717) is 17.0 Å². The minimum Gasteiger partial charge on any atom is -0.385 e. The average molecular weight is 352 g/mol. The lowest BCUT2D eigenvalue weighted by atomic mass is 10.1. The third kappa shape index (κ3) is 2.48. The number of fused-ring (bicyclic) bond motifs is 2. The molecule has 0 spiro atoms. The second kappa shape index (κ2) is 5.58. The molecule has 2 aliphatic heterocycles. The Balaban J connectivity index is 1.70. The van der Waals surface area contributed by atoms with E-state index in [1.54, 1.807) is 4.57 Å². The van der Waals surface area contributed by atoms with Gasteiger partial charge in [-0.3, -0.25) is 4.57 Å². The molecule has 2 aromatic rings. The molecular formula is C12H16BN5O5P+. The predicted octanol–water partition coefficient (Wildman–Crippen LogP) is -0.596. The van der Waals surface area contributed by atoms with E-state index in [4.69, 9.17) is 21.4 Å². The highest BCUT2D eigenvalue weighted by Crippen LogP contribution is 2.58. The van der Waals surface area contributed by atoms with Crippen LogP contribution >= 0.6 is 7.82 Å². The number of hydrogen-bond donors (Lipinski definition) is 2. The smallest absolute Gasteiger partial charge is 0.385 e. The monoisotopic (exact) mass is 352 g/mol. The number of rotatable bonds is 2. The van der Waals surface area contributed by atoms with E-state index in [9.17, 15) is 10.00 Å². The third-order valence-corrected chi connectivity index (χ3v) is 5.11. The third-order valence-electron chi connectivity index (χ3n) is 4.04. The van der Waals surface area contributed by atoms with Crippen molar-refractivity contribution in [2.75, 3.05) is 25.6 Å². The van der Waals surface area contributed by atoms with Gasteiger partial charge in [0.1, 0.15) is 25.1 Å². The van der Waals surface area contributed by atoms with Gasteiger partial charge in [-0.1, -0.05) is 0 Å². The summed E-state index contributed by atoms with van der Waals surface area (Å²) in [7, 11) is 5.81. The summed E-state index contributed by atoms with van der Waals surface area (Å²) < 4.78 is 17.8. The zero-order valence-electron chi connectivity index (χ0n) is 13.1. The predicted molar refractivity (Wildman–Crippen MR) is 85.3 cm³/mol. The fourth-order valence-corrected chi connectivity index (χ4v) is 3.98. The summed E-state index contributed by atoms with van der Waals surface area (Å²) in [4.78, 5) is 24.4. The molecule has 0 aromatic carbocycles. The Kier molecular flexibility index (Phi) is 3.75. The lowest BCUT2D eigenvalue weighted by Gasteiger charge is -2.27. The zero-order chi connectivity index (χ0) is 17.1. The van der Waals surface area contributed by atoms with Gasteiger partial charge in [-0.15, -0.1) is 0 Å². The first-order valence-corrected chi connectivity index (χ1v) is 8.94. The van der Waals surface area contributed by atoms with Crippen molar-refractivity contribution in [3.8, 4) is 0 Å². The van der Waals surface area contributed by atoms with E-state index >= 15 is 0 Å². The molecule has 12 heteroatoms. The van der Waals surface area contributed by atoms with Crippen LogP contribution in [-0.2, 0) is 13.8 Å². The van der Waals surface area contributed by atoms with E-state index in [1.807, 2.05) is 19.0 Å². The molecule has 2 saturated heterocycles.